The van der Waals surface area contributed by atoms with Gasteiger partial charge in [-0.15, -0.1) is 0 Å². The highest BCUT2D eigenvalue weighted by Gasteiger charge is 2.19. The van der Waals surface area contributed by atoms with E-state index in [9.17, 15) is 4.39 Å². The van der Waals surface area contributed by atoms with Crippen molar-refractivity contribution in [2.75, 3.05) is 11.9 Å². The lowest BCUT2D eigenvalue weighted by atomic mass is 10.1. The highest BCUT2D eigenvalue weighted by molar-refractivity contribution is 6.31. The van der Waals surface area contributed by atoms with Crippen LogP contribution in [0, 0.1) is 5.82 Å². The average Bonchev–Trinajstić information content (AvgIpc) is 2.19. The van der Waals surface area contributed by atoms with E-state index in [-0.39, 0.29) is 11.1 Å². The first-order chi connectivity index (χ1) is 6.70. The molecule has 4 heteroatoms. The average molecular weight is 216 g/mol. The summed E-state index contributed by atoms with van der Waals surface area (Å²) in [7, 11) is 0. The summed E-state index contributed by atoms with van der Waals surface area (Å²) in [6.07, 6.45) is 0.948. The first-order valence-corrected chi connectivity index (χ1v) is 4.97. The molecule has 1 aromatic carbocycles. The van der Waals surface area contributed by atoms with Crippen molar-refractivity contribution in [1.29, 1.82) is 0 Å². The molecule has 1 N–H and O–H groups in total. The molecule has 0 saturated heterocycles. The number of halogens is 2. The maximum atomic E-state index is 13.1. The van der Waals surface area contributed by atoms with Crippen molar-refractivity contribution in [1.82, 2.24) is 0 Å². The Kier molecular flexibility index (Phi) is 2.50. The summed E-state index contributed by atoms with van der Waals surface area (Å²) in [4.78, 5) is 0. The molecule has 1 aromatic rings. The Bertz CT molecular complexity index is 356. The summed E-state index contributed by atoms with van der Waals surface area (Å²) in [6, 6.07) is 3.13. The Balaban J connectivity index is 2.33. The van der Waals surface area contributed by atoms with E-state index >= 15 is 0 Å². The van der Waals surface area contributed by atoms with Crippen molar-refractivity contribution < 1.29 is 9.13 Å². The van der Waals surface area contributed by atoms with Crippen LogP contribution in [0.15, 0.2) is 12.1 Å². The Morgan fingerprint density at radius 1 is 1.64 bits per heavy atom. The molecule has 1 atom stereocenters. The molecule has 1 heterocycles. The second-order valence-electron chi connectivity index (χ2n) is 3.32. The van der Waals surface area contributed by atoms with E-state index in [0.29, 0.717) is 18.0 Å². The van der Waals surface area contributed by atoms with Gasteiger partial charge in [0.05, 0.1) is 16.8 Å². The van der Waals surface area contributed by atoms with Crippen LogP contribution in [0.5, 0.6) is 5.75 Å². The van der Waals surface area contributed by atoms with Crippen LogP contribution in [0.3, 0.4) is 0 Å². The molecule has 76 valence electrons. The molecule has 1 aliphatic rings. The predicted molar refractivity (Wildman–Crippen MR) is 54.6 cm³/mol. The van der Waals surface area contributed by atoms with Gasteiger partial charge in [0, 0.05) is 12.1 Å². The molecule has 0 spiro atoms. The topological polar surface area (TPSA) is 21.3 Å². The number of hydrogen-bond acceptors (Lipinski definition) is 2. The lowest BCUT2D eigenvalue weighted by molar-refractivity contribution is 0.281. The summed E-state index contributed by atoms with van der Waals surface area (Å²) in [5.41, 5.74) is 0.685. The number of hydrogen-bond donors (Lipinski definition) is 1. The lowest BCUT2D eigenvalue weighted by Gasteiger charge is -2.26. The molecule has 0 radical (unpaired) electrons. The van der Waals surface area contributed by atoms with Crippen molar-refractivity contribution >= 4 is 17.3 Å². The van der Waals surface area contributed by atoms with Gasteiger partial charge in [0.15, 0.2) is 0 Å². The summed E-state index contributed by atoms with van der Waals surface area (Å²) < 4.78 is 18.6. The third kappa shape index (κ3) is 1.64. The molecule has 0 bridgehead atoms. The molecule has 0 saturated carbocycles. The normalized spacial score (nSPS) is 19.5. The molecule has 14 heavy (non-hydrogen) atoms. The van der Waals surface area contributed by atoms with Crippen LogP contribution in [0.1, 0.15) is 13.3 Å². The maximum absolute atomic E-state index is 13.1. The third-order valence-corrected chi connectivity index (χ3v) is 2.60. The van der Waals surface area contributed by atoms with Crippen molar-refractivity contribution in [3.63, 3.8) is 0 Å². The number of rotatable bonds is 1. The minimum atomic E-state index is -0.418. The number of anilines is 1. The molecule has 2 nitrogen and oxygen atoms in total. The van der Waals surface area contributed by atoms with Gasteiger partial charge in [0.1, 0.15) is 18.2 Å². The van der Waals surface area contributed by atoms with E-state index in [4.69, 9.17) is 16.3 Å². The van der Waals surface area contributed by atoms with Crippen molar-refractivity contribution in [3.8, 4) is 5.75 Å². The van der Waals surface area contributed by atoms with E-state index in [1.54, 1.807) is 0 Å². The molecule has 0 aromatic heterocycles. The fourth-order valence-corrected chi connectivity index (χ4v) is 1.59. The van der Waals surface area contributed by atoms with E-state index in [0.717, 1.165) is 6.42 Å². The molecule has 2 rings (SSSR count). The molecule has 1 unspecified atom stereocenters. The summed E-state index contributed by atoms with van der Waals surface area (Å²) >= 11 is 5.63. The van der Waals surface area contributed by atoms with E-state index < -0.39 is 5.82 Å². The van der Waals surface area contributed by atoms with Crippen LogP contribution in [-0.2, 0) is 0 Å². The maximum Gasteiger partial charge on any atom is 0.144 e. The standard InChI is InChI=1S/C10H11ClFNO/c1-2-6-5-14-10-3-7(11)8(12)4-9(10)13-6/h3-4,6,13H,2,5H2,1H3. The van der Waals surface area contributed by atoms with Gasteiger partial charge in [0.2, 0.25) is 0 Å². The van der Waals surface area contributed by atoms with Gasteiger partial charge < -0.3 is 10.1 Å². The second-order valence-corrected chi connectivity index (χ2v) is 3.73. The first kappa shape index (κ1) is 9.59. The van der Waals surface area contributed by atoms with Crippen molar-refractivity contribution in [2.24, 2.45) is 0 Å². The predicted octanol–water partition coefficient (Wildman–Crippen LogP) is 3.06. The largest absolute Gasteiger partial charge is 0.489 e. The Morgan fingerprint density at radius 3 is 3.14 bits per heavy atom. The zero-order valence-electron chi connectivity index (χ0n) is 7.81. The molecule has 0 aliphatic carbocycles. The zero-order chi connectivity index (χ0) is 10.1. The number of ether oxygens (including phenoxy) is 1. The Hall–Kier alpha value is -0.960. The van der Waals surface area contributed by atoms with Gasteiger partial charge in [-0.25, -0.2) is 4.39 Å². The SMILES string of the molecule is CCC1COc2cc(Cl)c(F)cc2N1. The number of benzene rings is 1. The zero-order valence-corrected chi connectivity index (χ0v) is 8.57. The Morgan fingerprint density at radius 2 is 2.43 bits per heavy atom. The summed E-state index contributed by atoms with van der Waals surface area (Å²) in [6.45, 7) is 2.66. The Labute approximate surface area is 87.0 Å². The van der Waals surface area contributed by atoms with Gasteiger partial charge in [-0.1, -0.05) is 18.5 Å². The van der Waals surface area contributed by atoms with Crippen molar-refractivity contribution in [2.45, 2.75) is 19.4 Å². The molecular weight excluding hydrogens is 205 g/mol. The third-order valence-electron chi connectivity index (χ3n) is 2.31. The van der Waals surface area contributed by atoms with Crippen LogP contribution in [0.2, 0.25) is 5.02 Å². The van der Waals surface area contributed by atoms with Gasteiger partial charge in [-0.05, 0) is 6.42 Å². The smallest absolute Gasteiger partial charge is 0.144 e. The minimum absolute atomic E-state index is 0.0977. The van der Waals surface area contributed by atoms with E-state index in [1.165, 1.54) is 12.1 Å². The van der Waals surface area contributed by atoms with Crippen LogP contribution in [-0.4, -0.2) is 12.6 Å². The fourth-order valence-electron chi connectivity index (χ4n) is 1.43. The van der Waals surface area contributed by atoms with Gasteiger partial charge in [-0.2, -0.15) is 0 Å². The highest BCUT2D eigenvalue weighted by Crippen LogP contribution is 2.33. The monoisotopic (exact) mass is 215 g/mol. The summed E-state index contributed by atoms with van der Waals surface area (Å²) in [5.74, 6) is 0.208. The van der Waals surface area contributed by atoms with Crippen LogP contribution < -0.4 is 10.1 Å². The lowest BCUT2D eigenvalue weighted by Crippen LogP contribution is -2.30. The number of fused-ring (bicyclic) bond motifs is 1. The van der Waals surface area contributed by atoms with Crippen molar-refractivity contribution in [3.05, 3.63) is 23.0 Å². The van der Waals surface area contributed by atoms with Crippen LogP contribution >= 0.6 is 11.6 Å². The first-order valence-electron chi connectivity index (χ1n) is 4.59. The quantitative estimate of drug-likeness (QED) is 0.778. The van der Waals surface area contributed by atoms with E-state index in [2.05, 4.69) is 12.2 Å². The van der Waals surface area contributed by atoms with Gasteiger partial charge >= 0.3 is 0 Å². The molecule has 0 fully saturated rings. The van der Waals surface area contributed by atoms with Crippen LogP contribution in [0.25, 0.3) is 0 Å². The number of nitrogens with one attached hydrogen (secondary N) is 1. The van der Waals surface area contributed by atoms with E-state index in [1.807, 2.05) is 0 Å². The van der Waals surface area contributed by atoms with Gasteiger partial charge in [-0.3, -0.25) is 0 Å². The minimum Gasteiger partial charge on any atom is -0.489 e. The second kappa shape index (κ2) is 3.65. The van der Waals surface area contributed by atoms with Gasteiger partial charge in [0.25, 0.3) is 0 Å². The van der Waals surface area contributed by atoms with Crippen LogP contribution in [0.4, 0.5) is 10.1 Å². The molecule has 0 amide bonds. The fraction of sp³-hybridized carbons (Fsp3) is 0.400. The highest BCUT2D eigenvalue weighted by atomic mass is 35.5. The molecular formula is C10H11ClFNO. The summed E-state index contributed by atoms with van der Waals surface area (Å²) in [5, 5.41) is 3.29. The molecule has 1 aliphatic heterocycles.